The summed E-state index contributed by atoms with van der Waals surface area (Å²) < 4.78 is 0. The highest BCUT2D eigenvalue weighted by atomic mass is 16.2. The average Bonchev–Trinajstić information content (AvgIpc) is 2.66. The monoisotopic (exact) mass is 295 g/mol. The van der Waals surface area contributed by atoms with E-state index in [1.54, 1.807) is 0 Å². The van der Waals surface area contributed by atoms with Crippen LogP contribution in [0, 0.1) is 11.8 Å². The lowest BCUT2D eigenvalue weighted by Crippen LogP contribution is -2.58. The molecular weight excluding hydrogens is 262 g/mol. The highest BCUT2D eigenvalue weighted by Gasteiger charge is 2.37. The van der Waals surface area contributed by atoms with E-state index in [9.17, 15) is 4.79 Å². The fraction of sp³-hybridized carbons (Fsp3) is 0.941. The Kier molecular flexibility index (Phi) is 4.69. The number of hydrogen-bond acceptors (Lipinski definition) is 3. The molecule has 0 saturated carbocycles. The Morgan fingerprint density at radius 2 is 1.71 bits per heavy atom. The molecule has 0 radical (unpaired) electrons. The van der Waals surface area contributed by atoms with Crippen LogP contribution in [0.15, 0.2) is 0 Å². The Labute approximate surface area is 130 Å². The molecule has 1 atom stereocenters. The molecule has 1 amide bonds. The molecule has 0 aromatic carbocycles. The van der Waals surface area contributed by atoms with Gasteiger partial charge in [-0.05, 0) is 60.4 Å². The first-order chi connectivity index (χ1) is 9.54. The highest BCUT2D eigenvalue weighted by molar-refractivity contribution is 5.79. The maximum absolute atomic E-state index is 12.2. The van der Waals surface area contributed by atoms with Crippen molar-refractivity contribution in [1.29, 1.82) is 0 Å². The summed E-state index contributed by atoms with van der Waals surface area (Å²) in [7, 11) is 0. The second kappa shape index (κ2) is 5.88. The third kappa shape index (κ3) is 4.68. The van der Waals surface area contributed by atoms with Crippen LogP contribution in [-0.2, 0) is 4.79 Å². The topological polar surface area (TPSA) is 35.6 Å². The van der Waals surface area contributed by atoms with E-state index < -0.39 is 0 Å². The average molecular weight is 295 g/mol. The van der Waals surface area contributed by atoms with Gasteiger partial charge in [0.1, 0.15) is 0 Å². The van der Waals surface area contributed by atoms with Gasteiger partial charge in [0, 0.05) is 37.3 Å². The summed E-state index contributed by atoms with van der Waals surface area (Å²) >= 11 is 0. The number of hydrogen-bond donors (Lipinski definition) is 1. The molecule has 2 aliphatic rings. The molecule has 0 spiro atoms. The third-order valence-corrected chi connectivity index (χ3v) is 4.56. The molecule has 4 heteroatoms. The van der Waals surface area contributed by atoms with Crippen molar-refractivity contribution in [2.45, 2.75) is 59.0 Å². The normalized spacial score (nSPS) is 25.9. The quantitative estimate of drug-likeness (QED) is 0.864. The second-order valence-corrected chi connectivity index (χ2v) is 8.93. The first kappa shape index (κ1) is 16.8. The molecule has 2 rings (SSSR count). The Morgan fingerprint density at radius 1 is 1.10 bits per heavy atom. The first-order valence-corrected chi connectivity index (χ1v) is 8.34. The van der Waals surface area contributed by atoms with Crippen LogP contribution in [-0.4, -0.2) is 59.5 Å². The van der Waals surface area contributed by atoms with E-state index >= 15 is 0 Å². The van der Waals surface area contributed by atoms with E-state index in [1.165, 1.54) is 13.1 Å². The van der Waals surface area contributed by atoms with Gasteiger partial charge in [0.05, 0.1) is 5.92 Å². The number of nitrogens with one attached hydrogen (secondary N) is 1. The van der Waals surface area contributed by atoms with E-state index in [1.807, 2.05) is 20.8 Å². The van der Waals surface area contributed by atoms with Crippen molar-refractivity contribution in [3.63, 3.8) is 0 Å². The number of carbonyl (C=O) groups excluding carboxylic acids is 1. The fourth-order valence-corrected chi connectivity index (χ4v) is 3.28. The SMILES string of the molecule is CC(C)(C)NC(=O)C1CCN(CC2CN(C(C)(C)C)C2)C1. The Morgan fingerprint density at radius 3 is 2.24 bits per heavy atom. The van der Waals surface area contributed by atoms with Gasteiger partial charge in [-0.1, -0.05) is 0 Å². The summed E-state index contributed by atoms with van der Waals surface area (Å²) in [4.78, 5) is 17.2. The predicted molar refractivity (Wildman–Crippen MR) is 87.3 cm³/mol. The van der Waals surface area contributed by atoms with Crippen molar-refractivity contribution < 1.29 is 4.79 Å². The van der Waals surface area contributed by atoms with Crippen LogP contribution >= 0.6 is 0 Å². The number of nitrogens with zero attached hydrogens (tertiary/aromatic N) is 2. The van der Waals surface area contributed by atoms with Gasteiger partial charge in [0.15, 0.2) is 0 Å². The van der Waals surface area contributed by atoms with Crippen molar-refractivity contribution in [2.75, 3.05) is 32.7 Å². The molecule has 0 bridgehead atoms. The zero-order valence-electron chi connectivity index (χ0n) is 14.7. The minimum atomic E-state index is -0.119. The van der Waals surface area contributed by atoms with Crippen LogP contribution in [0.5, 0.6) is 0 Å². The summed E-state index contributed by atoms with van der Waals surface area (Å²) in [5, 5.41) is 3.12. The maximum Gasteiger partial charge on any atom is 0.224 e. The lowest BCUT2D eigenvalue weighted by molar-refractivity contribution is -0.126. The third-order valence-electron chi connectivity index (χ3n) is 4.56. The number of carbonyl (C=O) groups is 1. The van der Waals surface area contributed by atoms with Gasteiger partial charge >= 0.3 is 0 Å². The number of rotatable bonds is 3. The summed E-state index contributed by atoms with van der Waals surface area (Å²) in [6.45, 7) is 18.6. The standard InChI is InChI=1S/C17H33N3O/c1-16(2,3)18-15(21)14-7-8-19(12-14)9-13-10-20(11-13)17(4,5)6/h13-14H,7-12H2,1-6H3,(H,18,21). The van der Waals surface area contributed by atoms with Crippen molar-refractivity contribution in [2.24, 2.45) is 11.8 Å². The van der Waals surface area contributed by atoms with Gasteiger partial charge in [0.25, 0.3) is 0 Å². The van der Waals surface area contributed by atoms with Crippen molar-refractivity contribution in [3.05, 3.63) is 0 Å². The zero-order chi connectivity index (χ0) is 15.8. The van der Waals surface area contributed by atoms with E-state index in [2.05, 4.69) is 35.9 Å². The molecule has 2 heterocycles. The molecule has 0 aliphatic carbocycles. The smallest absolute Gasteiger partial charge is 0.224 e. The van der Waals surface area contributed by atoms with E-state index in [0.29, 0.717) is 5.54 Å². The molecular formula is C17H33N3O. The van der Waals surface area contributed by atoms with Crippen LogP contribution in [0.3, 0.4) is 0 Å². The Bertz CT molecular complexity index is 374. The van der Waals surface area contributed by atoms with Gasteiger partial charge in [-0.3, -0.25) is 9.69 Å². The molecule has 2 saturated heterocycles. The summed E-state index contributed by atoms with van der Waals surface area (Å²) in [5.41, 5.74) is 0.183. The number of likely N-dealkylation sites (tertiary alicyclic amines) is 2. The first-order valence-electron chi connectivity index (χ1n) is 8.34. The molecule has 0 aromatic heterocycles. The fourth-order valence-electron chi connectivity index (χ4n) is 3.28. The predicted octanol–water partition coefficient (Wildman–Crippen LogP) is 1.95. The van der Waals surface area contributed by atoms with E-state index in [4.69, 9.17) is 0 Å². The molecule has 0 aromatic rings. The lowest BCUT2D eigenvalue weighted by atomic mass is 9.92. The molecule has 1 unspecified atom stereocenters. The second-order valence-electron chi connectivity index (χ2n) is 8.93. The van der Waals surface area contributed by atoms with Gasteiger partial charge in [-0.25, -0.2) is 0 Å². The van der Waals surface area contributed by atoms with Gasteiger partial charge < -0.3 is 10.2 Å². The highest BCUT2D eigenvalue weighted by Crippen LogP contribution is 2.27. The summed E-state index contributed by atoms with van der Waals surface area (Å²) in [5.74, 6) is 1.20. The zero-order valence-corrected chi connectivity index (χ0v) is 14.7. The van der Waals surface area contributed by atoms with Crippen LogP contribution in [0.25, 0.3) is 0 Å². The van der Waals surface area contributed by atoms with E-state index in [-0.39, 0.29) is 17.4 Å². The van der Waals surface area contributed by atoms with Crippen LogP contribution < -0.4 is 5.32 Å². The largest absolute Gasteiger partial charge is 0.351 e. The summed E-state index contributed by atoms with van der Waals surface area (Å²) in [6, 6.07) is 0. The Balaban J connectivity index is 1.71. The van der Waals surface area contributed by atoms with Crippen LogP contribution in [0.1, 0.15) is 48.0 Å². The minimum absolute atomic E-state index is 0.119. The van der Waals surface area contributed by atoms with Crippen molar-refractivity contribution in [1.82, 2.24) is 15.1 Å². The van der Waals surface area contributed by atoms with Crippen LogP contribution in [0.4, 0.5) is 0 Å². The molecule has 4 nitrogen and oxygen atoms in total. The van der Waals surface area contributed by atoms with Gasteiger partial charge in [0.2, 0.25) is 5.91 Å². The Hall–Kier alpha value is -0.610. The molecule has 122 valence electrons. The number of amides is 1. The lowest BCUT2D eigenvalue weighted by Gasteiger charge is -2.48. The van der Waals surface area contributed by atoms with Crippen molar-refractivity contribution >= 4 is 5.91 Å². The van der Waals surface area contributed by atoms with Gasteiger partial charge in [-0.15, -0.1) is 0 Å². The molecule has 21 heavy (non-hydrogen) atoms. The molecule has 2 aliphatic heterocycles. The van der Waals surface area contributed by atoms with Crippen molar-refractivity contribution in [3.8, 4) is 0 Å². The van der Waals surface area contributed by atoms with Gasteiger partial charge in [-0.2, -0.15) is 0 Å². The van der Waals surface area contributed by atoms with E-state index in [0.717, 1.165) is 32.0 Å². The minimum Gasteiger partial charge on any atom is -0.351 e. The maximum atomic E-state index is 12.2. The molecule has 2 fully saturated rings. The molecule has 1 N–H and O–H groups in total. The van der Waals surface area contributed by atoms with Crippen LogP contribution in [0.2, 0.25) is 0 Å². The summed E-state index contributed by atoms with van der Waals surface area (Å²) in [6.07, 6.45) is 1.01.